The van der Waals surface area contributed by atoms with Crippen LogP contribution in [0.25, 0.3) is 0 Å². The Morgan fingerprint density at radius 1 is 1.38 bits per heavy atom. The number of benzene rings is 1. The van der Waals surface area contributed by atoms with Crippen molar-refractivity contribution in [1.82, 2.24) is 4.72 Å². The summed E-state index contributed by atoms with van der Waals surface area (Å²) in [6, 6.07) is 4.28. The molecule has 0 aliphatic heterocycles. The molecule has 0 bridgehead atoms. The summed E-state index contributed by atoms with van der Waals surface area (Å²) in [6.45, 7) is 1.37. The predicted octanol–water partition coefficient (Wildman–Crippen LogP) is 0.806. The summed E-state index contributed by atoms with van der Waals surface area (Å²) in [5.41, 5.74) is 0.328. The Bertz CT molecular complexity index is 508. The number of ketones is 1. The Labute approximate surface area is 94.5 Å². The zero-order valence-electron chi connectivity index (χ0n) is 9.27. The van der Waals surface area contributed by atoms with E-state index >= 15 is 0 Å². The van der Waals surface area contributed by atoms with Crippen molar-refractivity contribution in [2.45, 2.75) is 11.8 Å². The number of carbonyl (C=O) groups is 1. The highest BCUT2D eigenvalue weighted by Gasteiger charge is 2.18. The molecule has 0 unspecified atom stereocenters. The topological polar surface area (TPSA) is 72.5 Å². The lowest BCUT2D eigenvalue weighted by molar-refractivity contribution is 0.101. The van der Waals surface area contributed by atoms with E-state index in [9.17, 15) is 13.2 Å². The normalized spacial score (nSPS) is 11.2. The van der Waals surface area contributed by atoms with E-state index in [1.54, 1.807) is 0 Å². The van der Waals surface area contributed by atoms with Crippen LogP contribution in [0.5, 0.6) is 5.75 Å². The number of nitrogens with one attached hydrogen (secondary N) is 1. The van der Waals surface area contributed by atoms with Gasteiger partial charge in [-0.2, -0.15) is 0 Å². The van der Waals surface area contributed by atoms with E-state index in [0.717, 1.165) is 0 Å². The van der Waals surface area contributed by atoms with Gasteiger partial charge in [-0.05, 0) is 32.2 Å². The molecule has 0 radical (unpaired) electrons. The second-order valence-corrected chi connectivity index (χ2v) is 4.98. The fourth-order valence-electron chi connectivity index (χ4n) is 1.22. The molecule has 1 N–H and O–H groups in total. The number of ether oxygens (including phenoxy) is 1. The number of Topliss-reactive ketones (excluding diaryl/α,β-unsaturated/α-hetero) is 1. The highest BCUT2D eigenvalue weighted by Crippen LogP contribution is 2.24. The first-order chi connectivity index (χ1) is 7.42. The van der Waals surface area contributed by atoms with Crippen LogP contribution in [0.1, 0.15) is 17.3 Å². The van der Waals surface area contributed by atoms with E-state index < -0.39 is 10.0 Å². The van der Waals surface area contributed by atoms with E-state index in [1.165, 1.54) is 39.3 Å². The van der Waals surface area contributed by atoms with Crippen LogP contribution in [0.3, 0.4) is 0 Å². The van der Waals surface area contributed by atoms with Crippen LogP contribution in [-0.4, -0.2) is 28.4 Å². The molecule has 0 saturated carbocycles. The molecule has 5 nitrogen and oxygen atoms in total. The SMILES string of the molecule is CNS(=O)(=O)c1cc(C(C)=O)ccc1OC. The van der Waals surface area contributed by atoms with Gasteiger partial charge in [0.2, 0.25) is 10.0 Å². The van der Waals surface area contributed by atoms with Crippen molar-refractivity contribution >= 4 is 15.8 Å². The van der Waals surface area contributed by atoms with Gasteiger partial charge >= 0.3 is 0 Å². The Hall–Kier alpha value is -1.40. The fourth-order valence-corrected chi connectivity index (χ4v) is 2.13. The molecule has 0 heterocycles. The maximum absolute atomic E-state index is 11.7. The van der Waals surface area contributed by atoms with Crippen LogP contribution in [0.4, 0.5) is 0 Å². The average Bonchev–Trinajstić information content (AvgIpc) is 2.28. The van der Waals surface area contributed by atoms with Crippen molar-refractivity contribution in [2.75, 3.05) is 14.2 Å². The zero-order valence-corrected chi connectivity index (χ0v) is 10.1. The second kappa shape index (κ2) is 4.63. The number of carbonyl (C=O) groups excluding carboxylic acids is 1. The van der Waals surface area contributed by atoms with Gasteiger partial charge in [0.15, 0.2) is 5.78 Å². The standard InChI is InChI=1S/C10H13NO4S/c1-7(12)8-4-5-9(15-3)10(6-8)16(13,14)11-2/h4-6,11H,1-3H3. The molecule has 0 aliphatic carbocycles. The number of hydrogen-bond acceptors (Lipinski definition) is 4. The summed E-state index contributed by atoms with van der Waals surface area (Å²) in [6.07, 6.45) is 0. The summed E-state index contributed by atoms with van der Waals surface area (Å²) < 4.78 is 30.4. The van der Waals surface area contributed by atoms with Crippen molar-refractivity contribution in [3.8, 4) is 5.75 Å². The lowest BCUT2D eigenvalue weighted by Crippen LogP contribution is -2.19. The first-order valence-corrected chi connectivity index (χ1v) is 6.03. The number of rotatable bonds is 4. The van der Waals surface area contributed by atoms with Crippen molar-refractivity contribution in [3.63, 3.8) is 0 Å². The van der Waals surface area contributed by atoms with Crippen LogP contribution in [0.2, 0.25) is 0 Å². The van der Waals surface area contributed by atoms with Crippen LogP contribution in [0.15, 0.2) is 23.1 Å². The van der Waals surface area contributed by atoms with Gasteiger partial charge in [0, 0.05) is 5.56 Å². The fraction of sp³-hybridized carbons (Fsp3) is 0.300. The third-order valence-electron chi connectivity index (χ3n) is 2.13. The minimum Gasteiger partial charge on any atom is -0.495 e. The summed E-state index contributed by atoms with van der Waals surface area (Å²) >= 11 is 0. The third kappa shape index (κ3) is 2.40. The summed E-state index contributed by atoms with van der Waals surface area (Å²) in [4.78, 5) is 11.1. The van der Waals surface area contributed by atoms with E-state index in [1.807, 2.05) is 0 Å². The zero-order chi connectivity index (χ0) is 12.3. The smallest absolute Gasteiger partial charge is 0.244 e. The Morgan fingerprint density at radius 2 is 2.00 bits per heavy atom. The van der Waals surface area contributed by atoms with Crippen LogP contribution in [0, 0.1) is 0 Å². The molecule has 1 aromatic carbocycles. The van der Waals surface area contributed by atoms with Crippen LogP contribution in [-0.2, 0) is 10.0 Å². The van der Waals surface area contributed by atoms with Crippen molar-refractivity contribution in [1.29, 1.82) is 0 Å². The Morgan fingerprint density at radius 3 is 2.44 bits per heavy atom. The predicted molar refractivity (Wildman–Crippen MR) is 59.2 cm³/mol. The van der Waals surface area contributed by atoms with Crippen molar-refractivity contribution < 1.29 is 17.9 Å². The van der Waals surface area contributed by atoms with Gasteiger partial charge in [-0.1, -0.05) is 0 Å². The van der Waals surface area contributed by atoms with Crippen molar-refractivity contribution in [2.24, 2.45) is 0 Å². The molecule has 88 valence electrons. The minimum atomic E-state index is -3.62. The Kier molecular flexibility index (Phi) is 3.66. The molecule has 0 saturated heterocycles. The molecule has 0 aliphatic rings. The molecule has 0 atom stereocenters. The number of hydrogen-bond donors (Lipinski definition) is 1. The molecule has 0 spiro atoms. The first-order valence-electron chi connectivity index (χ1n) is 4.55. The molecule has 0 aromatic heterocycles. The maximum atomic E-state index is 11.7. The van der Waals surface area contributed by atoms with E-state index in [0.29, 0.717) is 5.56 Å². The molecule has 0 amide bonds. The van der Waals surface area contributed by atoms with Gasteiger partial charge in [-0.3, -0.25) is 4.79 Å². The van der Waals surface area contributed by atoms with Crippen molar-refractivity contribution in [3.05, 3.63) is 23.8 Å². The maximum Gasteiger partial charge on any atom is 0.244 e. The van der Waals surface area contributed by atoms with Crippen LogP contribution < -0.4 is 9.46 Å². The molecule has 1 aromatic rings. The average molecular weight is 243 g/mol. The largest absolute Gasteiger partial charge is 0.495 e. The van der Waals surface area contributed by atoms with Gasteiger partial charge in [0.25, 0.3) is 0 Å². The highest BCUT2D eigenvalue weighted by atomic mass is 32.2. The van der Waals surface area contributed by atoms with Gasteiger partial charge in [-0.25, -0.2) is 13.1 Å². The van der Waals surface area contributed by atoms with Gasteiger partial charge in [0.1, 0.15) is 10.6 Å². The minimum absolute atomic E-state index is 0.0369. The quantitative estimate of drug-likeness (QED) is 0.794. The van der Waals surface area contributed by atoms with Crippen LogP contribution >= 0.6 is 0 Å². The molecular formula is C10H13NO4S. The number of sulfonamides is 1. The van der Waals surface area contributed by atoms with Gasteiger partial charge in [0.05, 0.1) is 7.11 Å². The molecular weight excluding hydrogens is 230 g/mol. The monoisotopic (exact) mass is 243 g/mol. The highest BCUT2D eigenvalue weighted by molar-refractivity contribution is 7.89. The molecule has 16 heavy (non-hydrogen) atoms. The summed E-state index contributed by atoms with van der Waals surface area (Å²) in [5.74, 6) is 0.00885. The Balaban J connectivity index is 3.45. The van der Waals surface area contributed by atoms with E-state index in [2.05, 4.69) is 4.72 Å². The summed E-state index contributed by atoms with van der Waals surface area (Å²) in [5, 5.41) is 0. The number of methoxy groups -OCH3 is 1. The molecule has 1 rings (SSSR count). The second-order valence-electron chi connectivity index (χ2n) is 3.13. The molecule has 0 fully saturated rings. The first kappa shape index (κ1) is 12.7. The van der Waals surface area contributed by atoms with Gasteiger partial charge in [-0.15, -0.1) is 0 Å². The summed E-state index contributed by atoms with van der Waals surface area (Å²) in [7, 11) is -0.951. The molecule has 6 heteroatoms. The lowest BCUT2D eigenvalue weighted by Gasteiger charge is -2.09. The lowest BCUT2D eigenvalue weighted by atomic mass is 10.1. The van der Waals surface area contributed by atoms with E-state index in [-0.39, 0.29) is 16.4 Å². The van der Waals surface area contributed by atoms with E-state index in [4.69, 9.17) is 4.74 Å². The third-order valence-corrected chi connectivity index (χ3v) is 3.56. The van der Waals surface area contributed by atoms with Gasteiger partial charge < -0.3 is 4.74 Å².